The fraction of sp³-hybridized carbons (Fsp3) is 0.414. The van der Waals surface area contributed by atoms with Gasteiger partial charge in [-0.05, 0) is 72.9 Å². The lowest BCUT2D eigenvalue weighted by molar-refractivity contribution is 0.0472. The van der Waals surface area contributed by atoms with E-state index in [0.29, 0.717) is 0 Å². The van der Waals surface area contributed by atoms with E-state index in [9.17, 15) is 0 Å². The summed E-state index contributed by atoms with van der Waals surface area (Å²) in [7, 11) is 1.75. The molecule has 34 heavy (non-hydrogen) atoms. The van der Waals surface area contributed by atoms with Crippen molar-refractivity contribution in [1.29, 1.82) is 0 Å². The van der Waals surface area contributed by atoms with Crippen LogP contribution in [0.5, 0.6) is 5.75 Å². The maximum absolute atomic E-state index is 6.10. The van der Waals surface area contributed by atoms with Gasteiger partial charge in [-0.1, -0.05) is 68.8 Å². The Morgan fingerprint density at radius 1 is 1.18 bits per heavy atom. The Morgan fingerprint density at radius 2 is 1.91 bits per heavy atom. The van der Waals surface area contributed by atoms with Gasteiger partial charge in [0.05, 0.1) is 35.5 Å². The van der Waals surface area contributed by atoms with Crippen LogP contribution in [0.4, 0.5) is 0 Å². The quantitative estimate of drug-likeness (QED) is 0.270. The van der Waals surface area contributed by atoms with Gasteiger partial charge in [0.2, 0.25) is 6.23 Å². The fourth-order valence-electron chi connectivity index (χ4n) is 4.77. The number of benzene rings is 2. The van der Waals surface area contributed by atoms with Crippen LogP contribution in [0, 0.1) is 6.92 Å². The van der Waals surface area contributed by atoms with Crippen LogP contribution < -0.4 is 4.74 Å². The van der Waals surface area contributed by atoms with E-state index in [0.717, 1.165) is 42.0 Å². The number of amidine groups is 1. The van der Waals surface area contributed by atoms with Crippen molar-refractivity contribution in [1.82, 2.24) is 3.11 Å². The smallest absolute Gasteiger partial charge is 0.236 e. The predicted molar refractivity (Wildman–Crippen MR) is 149 cm³/mol. The molecule has 0 aromatic heterocycles. The molecule has 0 saturated carbocycles. The molecule has 0 fully saturated rings. The summed E-state index contributed by atoms with van der Waals surface area (Å²) in [5.41, 5.74) is 9.64. The number of hydrogen-bond acceptors (Lipinski definition) is 4. The van der Waals surface area contributed by atoms with Crippen molar-refractivity contribution in [3.8, 4) is 5.75 Å². The van der Waals surface area contributed by atoms with Crippen molar-refractivity contribution >= 4 is 34.3 Å². The normalized spacial score (nSPS) is 18.3. The second-order valence-corrected chi connectivity index (χ2v) is 11.2. The fourth-order valence-corrected chi connectivity index (χ4v) is 5.50. The van der Waals surface area contributed by atoms with E-state index in [1.807, 2.05) is 0 Å². The molecule has 2 aromatic rings. The topological polar surface area (TPSA) is 34.1 Å². The minimum Gasteiger partial charge on any atom is -0.495 e. The highest BCUT2D eigenvalue weighted by atomic mass is 127. The first-order chi connectivity index (χ1) is 16.2. The van der Waals surface area contributed by atoms with Gasteiger partial charge in [-0.3, -0.25) is 3.11 Å². The Kier molecular flexibility index (Phi) is 7.13. The van der Waals surface area contributed by atoms with Crippen molar-refractivity contribution in [2.75, 3.05) is 7.11 Å². The molecule has 0 bridgehead atoms. The summed E-state index contributed by atoms with van der Waals surface area (Å²) in [5.74, 6) is 1.64. The van der Waals surface area contributed by atoms with Crippen LogP contribution in [0.3, 0.4) is 0 Å². The average molecular weight is 571 g/mol. The van der Waals surface area contributed by atoms with Gasteiger partial charge in [0.25, 0.3) is 0 Å². The monoisotopic (exact) mass is 570 g/mol. The van der Waals surface area contributed by atoms with Gasteiger partial charge in [-0.15, -0.1) is 0 Å². The summed E-state index contributed by atoms with van der Waals surface area (Å²) in [6.07, 6.45) is 7.33. The van der Waals surface area contributed by atoms with E-state index in [4.69, 9.17) is 9.57 Å². The Balaban J connectivity index is 1.87. The van der Waals surface area contributed by atoms with Crippen molar-refractivity contribution in [2.45, 2.75) is 72.4 Å². The molecule has 1 atom stereocenters. The molecule has 0 N–H and O–H groups in total. The SMILES string of the molecule is CCc1cccc(C)c1C1ON=C(c2cc(C(C)(C)C)cc(C3=C(C)CCC=C3)c2OC)N1I. The van der Waals surface area contributed by atoms with E-state index in [2.05, 4.69) is 115 Å². The molecule has 2 aromatic carbocycles. The number of hydrogen-bond donors (Lipinski definition) is 0. The highest BCUT2D eigenvalue weighted by Gasteiger charge is 2.36. The first-order valence-corrected chi connectivity index (χ1v) is 13.0. The number of methoxy groups -OCH3 is 1. The zero-order chi connectivity index (χ0) is 24.6. The highest BCUT2D eigenvalue weighted by molar-refractivity contribution is 14.1. The Labute approximate surface area is 218 Å². The second-order valence-electron chi connectivity index (χ2n) is 10.2. The number of rotatable bonds is 5. The molecule has 1 heterocycles. The second kappa shape index (κ2) is 9.76. The molecule has 1 aliphatic heterocycles. The maximum Gasteiger partial charge on any atom is 0.236 e. The van der Waals surface area contributed by atoms with Crippen molar-refractivity contribution < 1.29 is 9.57 Å². The van der Waals surface area contributed by atoms with Crippen LogP contribution in [-0.4, -0.2) is 16.1 Å². The largest absolute Gasteiger partial charge is 0.495 e. The number of oxime groups is 1. The summed E-state index contributed by atoms with van der Waals surface area (Å²) in [6.45, 7) is 13.3. The summed E-state index contributed by atoms with van der Waals surface area (Å²) < 4.78 is 8.20. The highest BCUT2D eigenvalue weighted by Crippen LogP contribution is 2.43. The minimum atomic E-state index is -0.270. The minimum absolute atomic E-state index is 0.0243. The molecule has 0 amide bonds. The molecular weight excluding hydrogens is 535 g/mol. The number of halogens is 1. The lowest BCUT2D eigenvalue weighted by Crippen LogP contribution is -2.24. The van der Waals surface area contributed by atoms with Gasteiger partial charge in [0.1, 0.15) is 5.75 Å². The third-order valence-corrected chi connectivity index (χ3v) is 7.77. The molecule has 0 spiro atoms. The van der Waals surface area contributed by atoms with Crippen LogP contribution in [0.25, 0.3) is 5.57 Å². The van der Waals surface area contributed by atoms with Crippen LogP contribution in [0.1, 0.15) is 87.1 Å². The summed E-state index contributed by atoms with van der Waals surface area (Å²) in [4.78, 5) is 6.10. The van der Waals surface area contributed by atoms with E-state index in [1.54, 1.807) is 7.11 Å². The van der Waals surface area contributed by atoms with E-state index < -0.39 is 0 Å². The Morgan fingerprint density at radius 3 is 2.56 bits per heavy atom. The maximum atomic E-state index is 6.10. The third-order valence-electron chi connectivity index (χ3n) is 6.81. The van der Waals surface area contributed by atoms with Gasteiger partial charge >= 0.3 is 0 Å². The molecule has 0 radical (unpaired) electrons. The summed E-state index contributed by atoms with van der Waals surface area (Å²) >= 11 is 2.34. The van der Waals surface area contributed by atoms with Crippen LogP contribution in [0.2, 0.25) is 0 Å². The van der Waals surface area contributed by atoms with Crippen LogP contribution in [0.15, 0.2) is 53.2 Å². The molecule has 180 valence electrons. The van der Waals surface area contributed by atoms with Gasteiger partial charge in [-0.25, -0.2) is 0 Å². The zero-order valence-corrected chi connectivity index (χ0v) is 23.5. The average Bonchev–Trinajstić information content (AvgIpc) is 3.18. The molecule has 4 nitrogen and oxygen atoms in total. The molecular formula is C29H35IN2O2. The Hall–Kier alpha value is -2.28. The molecule has 2 aliphatic rings. The van der Waals surface area contributed by atoms with E-state index >= 15 is 0 Å². The molecule has 1 unspecified atom stereocenters. The molecule has 0 saturated heterocycles. The van der Waals surface area contributed by atoms with E-state index in [1.165, 1.54) is 33.4 Å². The zero-order valence-electron chi connectivity index (χ0n) is 21.3. The van der Waals surface area contributed by atoms with Gasteiger partial charge in [0.15, 0.2) is 5.84 Å². The first-order valence-electron chi connectivity index (χ1n) is 12.0. The van der Waals surface area contributed by atoms with E-state index in [-0.39, 0.29) is 11.6 Å². The molecule has 5 heteroatoms. The number of allylic oxidation sites excluding steroid dienone is 4. The van der Waals surface area contributed by atoms with Gasteiger partial charge < -0.3 is 9.57 Å². The summed E-state index contributed by atoms with van der Waals surface area (Å²) in [6, 6.07) is 10.9. The lowest BCUT2D eigenvalue weighted by atomic mass is 9.82. The van der Waals surface area contributed by atoms with Gasteiger partial charge in [0, 0.05) is 11.1 Å². The third kappa shape index (κ3) is 4.51. The molecule has 4 rings (SSSR count). The lowest BCUT2D eigenvalue weighted by Gasteiger charge is -2.27. The van der Waals surface area contributed by atoms with Crippen molar-refractivity contribution in [3.05, 3.63) is 81.4 Å². The molecule has 1 aliphatic carbocycles. The Bertz CT molecular complexity index is 1190. The first kappa shape index (κ1) is 24.8. The number of nitrogens with zero attached hydrogens (tertiary/aromatic N) is 2. The number of aryl methyl sites for hydroxylation is 2. The standard InChI is InChI=1S/C29H35IN2O2/c1-8-20-14-11-13-19(3)25(20)28-32(30)27(31-34-28)24-17-21(29(4,5)6)16-23(26(24)33-7)22-15-10-9-12-18(22)2/h10-11,13-17,28H,8-9,12H2,1-7H3. The summed E-state index contributed by atoms with van der Waals surface area (Å²) in [5, 5.41) is 4.62. The predicted octanol–water partition coefficient (Wildman–Crippen LogP) is 8.03. The van der Waals surface area contributed by atoms with Crippen LogP contribution >= 0.6 is 22.9 Å². The van der Waals surface area contributed by atoms with Gasteiger partial charge in [-0.2, -0.15) is 0 Å². The number of ether oxygens (including phenoxy) is 1. The van der Waals surface area contributed by atoms with Crippen molar-refractivity contribution in [2.24, 2.45) is 5.16 Å². The van der Waals surface area contributed by atoms with Crippen LogP contribution in [-0.2, 0) is 16.7 Å². The van der Waals surface area contributed by atoms with Crippen molar-refractivity contribution in [3.63, 3.8) is 0 Å².